The number of carbonyl (C=O) groups is 2. The molecule has 0 N–H and O–H groups in total. The Morgan fingerprint density at radius 3 is 2.39 bits per heavy atom. The molecular formula is C22H36ClN5O2S. The summed E-state index contributed by atoms with van der Waals surface area (Å²) in [5.41, 5.74) is -0.394. The fourth-order valence-electron chi connectivity index (χ4n) is 3.63. The summed E-state index contributed by atoms with van der Waals surface area (Å²) in [7, 11) is 0. The molecule has 0 radical (unpaired) electrons. The standard InChI is InChI=1S/C22H36ClN5O2S/c1-7-9-26(10-8-2)19(29)15-31-21-24-17(23)13-18(25-21)27-11-12-28(16(3)14-27)20(30)22(4,5)6/h13,16H,7-12,14-15H2,1-6H3. The second kappa shape index (κ2) is 11.4. The third-order valence-corrected chi connectivity index (χ3v) is 6.20. The molecule has 174 valence electrons. The predicted octanol–water partition coefficient (Wildman–Crippen LogP) is 3.95. The number of carbonyl (C=O) groups excluding carboxylic acids is 2. The zero-order valence-electron chi connectivity index (χ0n) is 19.7. The summed E-state index contributed by atoms with van der Waals surface area (Å²) in [5.74, 6) is 1.30. The zero-order chi connectivity index (χ0) is 23.2. The molecule has 1 atom stereocenters. The molecule has 2 amide bonds. The zero-order valence-corrected chi connectivity index (χ0v) is 21.2. The van der Waals surface area contributed by atoms with Crippen molar-refractivity contribution in [3.05, 3.63) is 11.2 Å². The number of rotatable bonds is 8. The largest absolute Gasteiger partial charge is 0.353 e. The highest BCUT2D eigenvalue weighted by Gasteiger charge is 2.34. The summed E-state index contributed by atoms with van der Waals surface area (Å²) in [5, 5.41) is 0.865. The molecule has 1 aliphatic heterocycles. The quantitative estimate of drug-likeness (QED) is 0.326. The van der Waals surface area contributed by atoms with Crippen LogP contribution in [0, 0.1) is 5.41 Å². The molecule has 0 aliphatic carbocycles. The lowest BCUT2D eigenvalue weighted by Crippen LogP contribution is -2.56. The maximum absolute atomic E-state index is 12.7. The molecule has 9 heteroatoms. The average Bonchev–Trinajstić information content (AvgIpc) is 2.70. The number of amides is 2. The smallest absolute Gasteiger partial charge is 0.233 e. The molecule has 1 unspecified atom stereocenters. The van der Waals surface area contributed by atoms with Crippen molar-refractivity contribution >= 4 is 41.0 Å². The number of halogens is 1. The first-order chi connectivity index (χ1) is 14.6. The molecule has 1 aliphatic rings. The van der Waals surface area contributed by atoms with Crippen LogP contribution < -0.4 is 4.90 Å². The minimum absolute atomic E-state index is 0.0727. The Kier molecular flexibility index (Phi) is 9.43. The van der Waals surface area contributed by atoms with Crippen LogP contribution in [0.1, 0.15) is 54.4 Å². The van der Waals surface area contributed by atoms with Gasteiger partial charge in [-0.2, -0.15) is 0 Å². The summed E-state index contributed by atoms with van der Waals surface area (Å²) in [4.78, 5) is 40.2. The summed E-state index contributed by atoms with van der Waals surface area (Å²) >= 11 is 7.59. The van der Waals surface area contributed by atoms with Gasteiger partial charge in [0.05, 0.1) is 5.75 Å². The lowest BCUT2D eigenvalue weighted by atomic mass is 9.93. The minimum Gasteiger partial charge on any atom is -0.353 e. The Bertz CT molecular complexity index is 765. The van der Waals surface area contributed by atoms with E-state index in [2.05, 4.69) is 35.6 Å². The SMILES string of the molecule is CCCN(CCC)C(=O)CSc1nc(Cl)cc(N2CCN(C(=O)C(C)(C)C)C(C)C2)n1. The van der Waals surface area contributed by atoms with Crippen LogP contribution in [0.2, 0.25) is 5.15 Å². The van der Waals surface area contributed by atoms with Gasteiger partial charge in [0, 0.05) is 50.2 Å². The fourth-order valence-corrected chi connectivity index (χ4v) is 4.61. The molecule has 0 bridgehead atoms. The van der Waals surface area contributed by atoms with E-state index in [0.717, 1.165) is 31.7 Å². The molecule has 2 rings (SSSR count). The van der Waals surface area contributed by atoms with Gasteiger partial charge >= 0.3 is 0 Å². The number of hydrogen-bond acceptors (Lipinski definition) is 6. The lowest BCUT2D eigenvalue weighted by Gasteiger charge is -2.42. The van der Waals surface area contributed by atoms with E-state index in [9.17, 15) is 9.59 Å². The minimum atomic E-state index is -0.394. The van der Waals surface area contributed by atoms with Crippen molar-refractivity contribution in [2.24, 2.45) is 5.41 Å². The van der Waals surface area contributed by atoms with Crippen molar-refractivity contribution < 1.29 is 9.59 Å². The lowest BCUT2D eigenvalue weighted by molar-refractivity contribution is -0.142. The van der Waals surface area contributed by atoms with Crippen LogP contribution in [0.4, 0.5) is 5.82 Å². The molecule has 0 saturated carbocycles. The highest BCUT2D eigenvalue weighted by Crippen LogP contribution is 2.26. The second-order valence-corrected chi connectivity index (χ2v) is 10.4. The van der Waals surface area contributed by atoms with Crippen LogP contribution in [-0.2, 0) is 9.59 Å². The molecule has 1 aromatic heterocycles. The van der Waals surface area contributed by atoms with Gasteiger partial charge in [-0.15, -0.1) is 0 Å². The maximum atomic E-state index is 12.7. The topological polar surface area (TPSA) is 69.6 Å². The van der Waals surface area contributed by atoms with E-state index in [4.69, 9.17) is 11.6 Å². The molecule has 0 spiro atoms. The fraction of sp³-hybridized carbons (Fsp3) is 0.727. The summed E-state index contributed by atoms with van der Waals surface area (Å²) in [6, 6.07) is 1.82. The molecule has 1 aromatic rings. The van der Waals surface area contributed by atoms with Gasteiger partial charge in [0.25, 0.3) is 0 Å². The summed E-state index contributed by atoms with van der Waals surface area (Å²) in [6.45, 7) is 15.6. The Labute approximate surface area is 195 Å². The normalized spacial score (nSPS) is 17.1. The van der Waals surface area contributed by atoms with Gasteiger partial charge in [-0.25, -0.2) is 9.97 Å². The molecule has 1 saturated heterocycles. The Morgan fingerprint density at radius 1 is 1.19 bits per heavy atom. The van der Waals surface area contributed by atoms with Crippen molar-refractivity contribution in [1.29, 1.82) is 0 Å². The molecular weight excluding hydrogens is 434 g/mol. The molecule has 7 nitrogen and oxygen atoms in total. The first kappa shape index (κ1) is 25.7. The van der Waals surface area contributed by atoms with E-state index >= 15 is 0 Å². The van der Waals surface area contributed by atoms with Crippen LogP contribution in [0.15, 0.2) is 11.2 Å². The average molecular weight is 470 g/mol. The summed E-state index contributed by atoms with van der Waals surface area (Å²) in [6.07, 6.45) is 1.88. The van der Waals surface area contributed by atoms with Gasteiger partial charge in [0.2, 0.25) is 11.8 Å². The maximum Gasteiger partial charge on any atom is 0.233 e. The van der Waals surface area contributed by atoms with Gasteiger partial charge < -0.3 is 14.7 Å². The van der Waals surface area contributed by atoms with Crippen LogP contribution in [0.25, 0.3) is 0 Å². The third-order valence-electron chi connectivity index (χ3n) is 5.18. The summed E-state index contributed by atoms with van der Waals surface area (Å²) < 4.78 is 0. The van der Waals surface area contributed by atoms with Crippen LogP contribution >= 0.6 is 23.4 Å². The van der Waals surface area contributed by atoms with Gasteiger partial charge in [0.1, 0.15) is 11.0 Å². The van der Waals surface area contributed by atoms with Crippen molar-refractivity contribution in [2.75, 3.05) is 43.4 Å². The molecule has 2 heterocycles. The van der Waals surface area contributed by atoms with Crippen LogP contribution in [-0.4, -0.2) is 76.1 Å². The number of hydrogen-bond donors (Lipinski definition) is 0. The Hall–Kier alpha value is -1.54. The predicted molar refractivity (Wildman–Crippen MR) is 128 cm³/mol. The molecule has 31 heavy (non-hydrogen) atoms. The molecule has 0 aromatic carbocycles. The van der Waals surface area contributed by atoms with Crippen molar-refractivity contribution in [3.63, 3.8) is 0 Å². The number of thioether (sulfide) groups is 1. The van der Waals surface area contributed by atoms with E-state index in [1.165, 1.54) is 11.8 Å². The van der Waals surface area contributed by atoms with Gasteiger partial charge in [-0.3, -0.25) is 9.59 Å². The highest BCUT2D eigenvalue weighted by molar-refractivity contribution is 7.99. The number of anilines is 1. The molecule has 1 fully saturated rings. The van der Waals surface area contributed by atoms with Crippen molar-refractivity contribution in [3.8, 4) is 0 Å². The monoisotopic (exact) mass is 469 g/mol. The third kappa shape index (κ3) is 7.24. The van der Waals surface area contributed by atoms with E-state index in [1.807, 2.05) is 30.6 Å². The van der Waals surface area contributed by atoms with E-state index in [0.29, 0.717) is 35.7 Å². The van der Waals surface area contributed by atoms with Gasteiger partial charge in [-0.05, 0) is 19.8 Å². The van der Waals surface area contributed by atoms with E-state index < -0.39 is 5.41 Å². The number of aromatic nitrogens is 2. The van der Waals surface area contributed by atoms with Gasteiger partial charge in [-0.1, -0.05) is 58.0 Å². The number of piperazine rings is 1. The van der Waals surface area contributed by atoms with Crippen LogP contribution in [0.5, 0.6) is 0 Å². The Morgan fingerprint density at radius 2 is 1.84 bits per heavy atom. The van der Waals surface area contributed by atoms with Crippen LogP contribution in [0.3, 0.4) is 0 Å². The first-order valence-electron chi connectivity index (χ1n) is 11.1. The van der Waals surface area contributed by atoms with E-state index in [-0.39, 0.29) is 17.9 Å². The van der Waals surface area contributed by atoms with Crippen molar-refractivity contribution in [1.82, 2.24) is 19.8 Å². The highest BCUT2D eigenvalue weighted by atomic mass is 35.5. The van der Waals surface area contributed by atoms with Crippen molar-refractivity contribution in [2.45, 2.75) is 65.6 Å². The Balaban J connectivity index is 2.05. The second-order valence-electron chi connectivity index (χ2n) is 9.04. The number of nitrogens with zero attached hydrogens (tertiary/aromatic N) is 5. The van der Waals surface area contributed by atoms with E-state index in [1.54, 1.807) is 6.07 Å². The first-order valence-corrected chi connectivity index (χ1v) is 12.4. The van der Waals surface area contributed by atoms with Gasteiger partial charge in [0.15, 0.2) is 5.16 Å².